The molecule has 2 aromatic heterocycles. The van der Waals surface area contributed by atoms with Crippen LogP contribution < -0.4 is 0 Å². The summed E-state index contributed by atoms with van der Waals surface area (Å²) in [4.78, 5) is 31.7. The highest BCUT2D eigenvalue weighted by atomic mass is 32.2. The number of ether oxygens (including phenoxy) is 1. The fraction of sp³-hybridized carbons (Fsp3) is 0.455. The Morgan fingerprint density at radius 3 is 2.87 bits per heavy atom. The maximum absolute atomic E-state index is 13.0. The first-order chi connectivity index (χ1) is 14.5. The van der Waals surface area contributed by atoms with Crippen molar-refractivity contribution in [1.29, 1.82) is 0 Å². The van der Waals surface area contributed by atoms with Crippen molar-refractivity contribution in [3.63, 3.8) is 0 Å². The number of aryl methyl sites for hydroxylation is 2. The molecular formula is C22H26N4O3S. The zero-order chi connectivity index (χ0) is 21.3. The van der Waals surface area contributed by atoms with Gasteiger partial charge in [-0.2, -0.15) is 16.9 Å². The van der Waals surface area contributed by atoms with Crippen molar-refractivity contribution in [1.82, 2.24) is 19.5 Å². The van der Waals surface area contributed by atoms with Crippen molar-refractivity contribution < 1.29 is 14.3 Å². The highest BCUT2D eigenvalue weighted by molar-refractivity contribution is 7.99. The number of thioether (sulfide) groups is 1. The van der Waals surface area contributed by atoms with Crippen LogP contribution in [0.1, 0.15) is 30.3 Å². The van der Waals surface area contributed by atoms with Crippen molar-refractivity contribution in [3.8, 4) is 0 Å². The van der Waals surface area contributed by atoms with E-state index in [1.54, 1.807) is 23.6 Å². The molecule has 0 unspecified atom stereocenters. The van der Waals surface area contributed by atoms with Crippen molar-refractivity contribution in [2.75, 3.05) is 24.7 Å². The van der Waals surface area contributed by atoms with Crippen LogP contribution in [0.25, 0.3) is 16.6 Å². The van der Waals surface area contributed by atoms with E-state index < -0.39 is 6.04 Å². The summed E-state index contributed by atoms with van der Waals surface area (Å²) < 4.78 is 7.04. The average Bonchev–Trinajstić information content (AvgIpc) is 3.12. The average molecular weight is 427 g/mol. The highest BCUT2D eigenvalue weighted by Gasteiger charge is 2.33. The number of carbonyl (C=O) groups excluding carboxylic acids is 2. The molecule has 1 fully saturated rings. The van der Waals surface area contributed by atoms with Gasteiger partial charge in [0.05, 0.1) is 12.1 Å². The van der Waals surface area contributed by atoms with E-state index in [-0.39, 0.29) is 11.9 Å². The minimum absolute atomic E-state index is 0.0159. The Hall–Kier alpha value is -2.61. The predicted octanol–water partition coefficient (Wildman–Crippen LogP) is 2.94. The summed E-state index contributed by atoms with van der Waals surface area (Å²) in [5.74, 6) is 1.11. The van der Waals surface area contributed by atoms with Crippen LogP contribution in [0.3, 0.4) is 0 Å². The van der Waals surface area contributed by atoms with Crippen molar-refractivity contribution in [3.05, 3.63) is 41.2 Å². The molecule has 0 spiro atoms. The number of hydrogen-bond donors (Lipinski definition) is 0. The highest BCUT2D eigenvalue weighted by Crippen LogP contribution is 2.24. The molecule has 1 atom stereocenters. The van der Waals surface area contributed by atoms with Gasteiger partial charge in [0.1, 0.15) is 6.04 Å². The van der Waals surface area contributed by atoms with Crippen molar-refractivity contribution >= 4 is 40.2 Å². The molecule has 3 heterocycles. The fourth-order valence-electron chi connectivity index (χ4n) is 4.05. The molecule has 0 radical (unpaired) electrons. The number of hydrogen-bond acceptors (Lipinski definition) is 6. The number of esters is 1. The van der Waals surface area contributed by atoms with Gasteiger partial charge in [-0.05, 0) is 44.9 Å². The largest absolute Gasteiger partial charge is 0.464 e. The smallest absolute Gasteiger partial charge is 0.329 e. The molecule has 0 aliphatic carbocycles. The van der Waals surface area contributed by atoms with E-state index >= 15 is 0 Å². The predicted molar refractivity (Wildman–Crippen MR) is 118 cm³/mol. The van der Waals surface area contributed by atoms with Gasteiger partial charge in [-0.25, -0.2) is 14.3 Å². The summed E-state index contributed by atoms with van der Waals surface area (Å²) in [5.41, 5.74) is 4.69. The first-order valence-electron chi connectivity index (χ1n) is 10.3. The van der Waals surface area contributed by atoms with E-state index in [1.807, 2.05) is 42.6 Å². The molecule has 30 heavy (non-hydrogen) atoms. The van der Waals surface area contributed by atoms with Crippen LogP contribution >= 0.6 is 11.8 Å². The second kappa shape index (κ2) is 8.63. The molecule has 8 heteroatoms. The lowest BCUT2D eigenvalue weighted by atomic mass is 10.1. The molecular weight excluding hydrogens is 400 g/mol. The Labute approximate surface area is 179 Å². The number of nitrogens with zero attached hydrogens (tertiary/aromatic N) is 4. The van der Waals surface area contributed by atoms with Gasteiger partial charge in [0, 0.05) is 41.2 Å². The molecule has 1 aliphatic rings. The van der Waals surface area contributed by atoms with Gasteiger partial charge >= 0.3 is 5.97 Å². The molecule has 3 aromatic rings. The van der Waals surface area contributed by atoms with Crippen LogP contribution in [-0.4, -0.2) is 62.1 Å². The maximum Gasteiger partial charge on any atom is 0.329 e. The Kier molecular flexibility index (Phi) is 5.94. The number of fused-ring (bicyclic) bond motifs is 3. The molecule has 0 N–H and O–H groups in total. The number of rotatable bonds is 5. The second-order valence-electron chi connectivity index (χ2n) is 7.44. The van der Waals surface area contributed by atoms with Crippen LogP contribution in [-0.2, 0) is 20.7 Å². The Morgan fingerprint density at radius 1 is 1.27 bits per heavy atom. The van der Waals surface area contributed by atoms with Crippen LogP contribution in [0, 0.1) is 13.8 Å². The normalized spacial score (nSPS) is 16.9. The zero-order valence-corrected chi connectivity index (χ0v) is 18.4. The zero-order valence-electron chi connectivity index (χ0n) is 17.6. The van der Waals surface area contributed by atoms with E-state index in [2.05, 4.69) is 5.10 Å². The van der Waals surface area contributed by atoms with Crippen LogP contribution in [0.4, 0.5) is 0 Å². The van der Waals surface area contributed by atoms with Crippen LogP contribution in [0.2, 0.25) is 0 Å². The summed E-state index contributed by atoms with van der Waals surface area (Å²) in [6.07, 6.45) is 0.894. The van der Waals surface area contributed by atoms with Gasteiger partial charge in [-0.1, -0.05) is 12.1 Å². The van der Waals surface area contributed by atoms with Crippen molar-refractivity contribution in [2.24, 2.45) is 0 Å². The van der Waals surface area contributed by atoms with E-state index in [0.29, 0.717) is 31.7 Å². The molecule has 0 saturated carbocycles. The first kappa shape index (κ1) is 20.7. The van der Waals surface area contributed by atoms with Gasteiger partial charge in [-0.15, -0.1) is 0 Å². The third-order valence-electron chi connectivity index (χ3n) is 5.61. The lowest BCUT2D eigenvalue weighted by Crippen LogP contribution is -2.51. The van der Waals surface area contributed by atoms with E-state index in [9.17, 15) is 9.59 Å². The third kappa shape index (κ3) is 3.76. The topological polar surface area (TPSA) is 76.8 Å². The summed E-state index contributed by atoms with van der Waals surface area (Å²) in [6.45, 7) is 6.68. The number of aromatic nitrogens is 3. The summed E-state index contributed by atoms with van der Waals surface area (Å²) >= 11 is 1.68. The van der Waals surface area contributed by atoms with E-state index in [4.69, 9.17) is 9.72 Å². The van der Waals surface area contributed by atoms with Gasteiger partial charge in [0.25, 0.3) is 0 Å². The van der Waals surface area contributed by atoms with Crippen LogP contribution in [0.15, 0.2) is 24.3 Å². The van der Waals surface area contributed by atoms with Crippen molar-refractivity contribution in [2.45, 2.75) is 39.7 Å². The molecule has 4 rings (SSSR count). The Morgan fingerprint density at radius 2 is 2.07 bits per heavy atom. The minimum atomic E-state index is -0.490. The quantitative estimate of drug-likeness (QED) is 0.584. The SMILES string of the molecule is CCOC(=O)[C@@H]1CSCCN1C(=O)CCc1c(C)nc2c3ccccc3nn2c1C. The summed E-state index contributed by atoms with van der Waals surface area (Å²) in [7, 11) is 0. The summed E-state index contributed by atoms with van der Waals surface area (Å²) in [6, 6.07) is 7.46. The Bertz CT molecular complexity index is 1110. The maximum atomic E-state index is 13.0. The lowest BCUT2D eigenvalue weighted by Gasteiger charge is -2.33. The van der Waals surface area contributed by atoms with Crippen LogP contribution in [0.5, 0.6) is 0 Å². The number of amides is 1. The van der Waals surface area contributed by atoms with E-state index in [0.717, 1.165) is 39.3 Å². The fourth-order valence-corrected chi connectivity index (χ4v) is 5.08. The number of carbonyl (C=O) groups is 2. The minimum Gasteiger partial charge on any atom is -0.464 e. The molecule has 1 aliphatic heterocycles. The Balaban J connectivity index is 1.56. The van der Waals surface area contributed by atoms with Gasteiger partial charge in [-0.3, -0.25) is 4.79 Å². The first-order valence-corrected chi connectivity index (χ1v) is 11.4. The molecule has 1 aromatic carbocycles. The molecule has 1 saturated heterocycles. The molecule has 7 nitrogen and oxygen atoms in total. The lowest BCUT2D eigenvalue weighted by molar-refractivity contribution is -0.153. The summed E-state index contributed by atoms with van der Waals surface area (Å²) in [5, 5.41) is 5.71. The monoisotopic (exact) mass is 426 g/mol. The van der Waals surface area contributed by atoms with Gasteiger partial charge in [0.2, 0.25) is 5.91 Å². The standard InChI is InChI=1S/C22H26N4O3S/c1-4-29-22(28)19-13-30-12-11-25(19)20(27)10-9-16-14(2)23-21-17-7-5-6-8-18(17)24-26(21)15(16)3/h5-8,19H,4,9-13H2,1-3H3/t19-/m0/s1. The third-order valence-corrected chi connectivity index (χ3v) is 6.64. The molecule has 158 valence electrons. The van der Waals surface area contributed by atoms with Gasteiger partial charge < -0.3 is 9.64 Å². The second-order valence-corrected chi connectivity index (χ2v) is 8.59. The van der Waals surface area contributed by atoms with Gasteiger partial charge in [0.15, 0.2) is 5.65 Å². The molecule has 1 amide bonds. The van der Waals surface area contributed by atoms with E-state index in [1.165, 1.54) is 0 Å². The molecule has 0 bridgehead atoms. The number of benzene rings is 1.